The molecule has 1 atom stereocenters. The second-order valence-corrected chi connectivity index (χ2v) is 9.47. The molecule has 0 radical (unpaired) electrons. The van der Waals surface area contributed by atoms with Gasteiger partial charge in [-0.3, -0.25) is 9.59 Å². The molecule has 1 unspecified atom stereocenters. The summed E-state index contributed by atoms with van der Waals surface area (Å²) in [6.07, 6.45) is 5.51. The van der Waals surface area contributed by atoms with E-state index in [1.54, 1.807) is 13.8 Å². The van der Waals surface area contributed by atoms with Gasteiger partial charge in [0, 0.05) is 0 Å². The molecule has 0 N–H and O–H groups in total. The SMILES string of the molecule is CCC(C)(CC=C(C)CCCC(C)(C)C(=O)OCCOCS(=O)(=O)[O-])C(=O)OC.[K+]. The van der Waals surface area contributed by atoms with Gasteiger partial charge >= 0.3 is 63.3 Å². The van der Waals surface area contributed by atoms with E-state index >= 15 is 0 Å². The van der Waals surface area contributed by atoms with Gasteiger partial charge in [0.1, 0.15) is 22.7 Å². The predicted molar refractivity (Wildman–Crippen MR) is 108 cm³/mol. The fourth-order valence-electron chi connectivity index (χ4n) is 2.58. The Kier molecular flexibility index (Phi) is 16.3. The molecule has 0 heterocycles. The summed E-state index contributed by atoms with van der Waals surface area (Å²) in [6, 6.07) is 0. The van der Waals surface area contributed by atoms with Crippen molar-refractivity contribution in [2.45, 2.75) is 66.7 Å². The second kappa shape index (κ2) is 15.1. The first-order valence-corrected chi connectivity index (χ1v) is 11.3. The zero-order chi connectivity index (χ0) is 22.7. The first-order chi connectivity index (χ1) is 13.3. The van der Waals surface area contributed by atoms with Crippen LogP contribution in [0.5, 0.6) is 0 Å². The summed E-state index contributed by atoms with van der Waals surface area (Å²) in [6.45, 7) is 9.14. The quantitative estimate of drug-likeness (QED) is 0.115. The Labute approximate surface area is 223 Å². The molecule has 0 fully saturated rings. The number of allylic oxidation sites excluding steroid dienone is 2. The molecule has 8 nitrogen and oxygen atoms in total. The van der Waals surface area contributed by atoms with Crippen molar-refractivity contribution >= 4 is 22.1 Å². The summed E-state index contributed by atoms with van der Waals surface area (Å²) in [7, 11) is -3.04. The minimum absolute atomic E-state index is 0. The summed E-state index contributed by atoms with van der Waals surface area (Å²) in [4.78, 5) is 24.1. The van der Waals surface area contributed by atoms with Crippen molar-refractivity contribution in [2.75, 3.05) is 26.3 Å². The molecule has 0 aromatic heterocycles. The minimum Gasteiger partial charge on any atom is -0.746 e. The number of hydrogen-bond donors (Lipinski definition) is 0. The normalized spacial score (nSPS) is 14.4. The minimum atomic E-state index is -4.44. The molecule has 0 aliphatic rings. The zero-order valence-corrected chi connectivity index (χ0v) is 23.3. The zero-order valence-electron chi connectivity index (χ0n) is 19.4. The molecule has 10 heteroatoms. The molecular weight excluding hydrogens is 439 g/mol. The molecule has 0 spiro atoms. The van der Waals surface area contributed by atoms with Gasteiger partial charge < -0.3 is 18.8 Å². The van der Waals surface area contributed by atoms with Crippen LogP contribution >= 0.6 is 0 Å². The van der Waals surface area contributed by atoms with Gasteiger partial charge in [-0.15, -0.1) is 0 Å². The Balaban J connectivity index is 0. The molecule has 0 bridgehead atoms. The van der Waals surface area contributed by atoms with Crippen molar-refractivity contribution in [2.24, 2.45) is 10.8 Å². The van der Waals surface area contributed by atoms with Crippen LogP contribution in [0.1, 0.15) is 66.7 Å². The third-order valence-electron chi connectivity index (χ3n) is 4.97. The van der Waals surface area contributed by atoms with Gasteiger partial charge in [-0.25, -0.2) is 8.42 Å². The van der Waals surface area contributed by atoms with Crippen molar-refractivity contribution in [3.05, 3.63) is 11.6 Å². The molecule has 170 valence electrons. The van der Waals surface area contributed by atoms with Gasteiger partial charge in [0.05, 0.1) is 24.5 Å². The van der Waals surface area contributed by atoms with Gasteiger partial charge in [0.15, 0.2) is 0 Å². The number of rotatable bonds is 14. The largest absolute Gasteiger partial charge is 1.00 e. The van der Waals surface area contributed by atoms with Crippen LogP contribution in [0.3, 0.4) is 0 Å². The Morgan fingerprint density at radius 2 is 1.70 bits per heavy atom. The van der Waals surface area contributed by atoms with Crippen LogP contribution in [0.25, 0.3) is 0 Å². The van der Waals surface area contributed by atoms with Crippen molar-refractivity contribution < 1.29 is 88.2 Å². The van der Waals surface area contributed by atoms with E-state index in [1.807, 2.05) is 26.8 Å². The van der Waals surface area contributed by atoms with E-state index in [9.17, 15) is 22.6 Å². The van der Waals surface area contributed by atoms with E-state index in [-0.39, 0.29) is 70.6 Å². The van der Waals surface area contributed by atoms with Crippen LogP contribution in [0.4, 0.5) is 0 Å². The summed E-state index contributed by atoms with van der Waals surface area (Å²) >= 11 is 0. The van der Waals surface area contributed by atoms with Crippen LogP contribution < -0.4 is 51.4 Å². The van der Waals surface area contributed by atoms with E-state index in [4.69, 9.17) is 9.47 Å². The molecule has 0 aliphatic carbocycles. The van der Waals surface area contributed by atoms with Crippen molar-refractivity contribution in [3.63, 3.8) is 0 Å². The van der Waals surface area contributed by atoms with Crippen LogP contribution in [-0.2, 0) is 33.9 Å². The fraction of sp³-hybridized carbons (Fsp3) is 0.800. The molecule has 0 aromatic rings. The number of carbonyl (C=O) groups is 2. The first-order valence-electron chi connectivity index (χ1n) is 9.70. The van der Waals surface area contributed by atoms with Gasteiger partial charge in [0.2, 0.25) is 0 Å². The van der Waals surface area contributed by atoms with E-state index < -0.39 is 32.9 Å². The fourth-order valence-corrected chi connectivity index (χ4v) is 2.90. The smallest absolute Gasteiger partial charge is 0.746 e. The number of esters is 2. The van der Waals surface area contributed by atoms with Gasteiger partial charge in [-0.1, -0.05) is 18.6 Å². The second-order valence-electron chi connectivity index (χ2n) is 8.12. The standard InChI is InChI=1S/C20H36O8S.K/c1-7-20(5,18(22)26-6)12-10-16(2)9-8-11-19(3,4)17(21)28-14-13-27-15-29(23,24)25;/h10H,7-9,11-15H2,1-6H3,(H,23,24,25);/q;+1/p-1. The van der Waals surface area contributed by atoms with Gasteiger partial charge in [0.25, 0.3) is 0 Å². The number of methoxy groups -OCH3 is 1. The predicted octanol–water partition coefficient (Wildman–Crippen LogP) is 0.175. The van der Waals surface area contributed by atoms with Crippen LogP contribution in [0.2, 0.25) is 0 Å². The average molecular weight is 475 g/mol. The van der Waals surface area contributed by atoms with E-state index in [2.05, 4.69) is 4.74 Å². The van der Waals surface area contributed by atoms with Gasteiger partial charge in [-0.05, 0) is 59.8 Å². The van der Waals surface area contributed by atoms with Crippen molar-refractivity contribution in [1.29, 1.82) is 0 Å². The summed E-state index contributed by atoms with van der Waals surface area (Å²) in [5.74, 6) is -1.56. The maximum absolute atomic E-state index is 12.2. The molecule has 0 saturated heterocycles. The number of carbonyl (C=O) groups excluding carboxylic acids is 2. The number of hydrogen-bond acceptors (Lipinski definition) is 8. The van der Waals surface area contributed by atoms with E-state index in [1.165, 1.54) is 7.11 Å². The van der Waals surface area contributed by atoms with Gasteiger partial charge in [-0.2, -0.15) is 0 Å². The third kappa shape index (κ3) is 13.6. The first kappa shape index (κ1) is 32.4. The molecule has 0 aromatic carbocycles. The van der Waals surface area contributed by atoms with Crippen molar-refractivity contribution in [3.8, 4) is 0 Å². The molecular formula is C20H35KO8S. The summed E-state index contributed by atoms with van der Waals surface area (Å²) in [5.41, 5.74) is -0.0912. The molecule has 0 amide bonds. The Morgan fingerprint density at radius 3 is 2.20 bits per heavy atom. The van der Waals surface area contributed by atoms with Crippen LogP contribution in [-0.4, -0.2) is 51.2 Å². The third-order valence-corrected chi connectivity index (χ3v) is 5.43. The van der Waals surface area contributed by atoms with Crippen LogP contribution in [0.15, 0.2) is 11.6 Å². The Morgan fingerprint density at radius 1 is 1.10 bits per heavy atom. The van der Waals surface area contributed by atoms with E-state index in [0.29, 0.717) is 19.3 Å². The van der Waals surface area contributed by atoms with Crippen molar-refractivity contribution in [1.82, 2.24) is 0 Å². The summed E-state index contributed by atoms with van der Waals surface area (Å²) in [5, 5.41) is 0. The maximum Gasteiger partial charge on any atom is 1.00 e. The Bertz CT molecular complexity index is 672. The summed E-state index contributed by atoms with van der Waals surface area (Å²) < 4.78 is 45.9. The van der Waals surface area contributed by atoms with Crippen LogP contribution in [0, 0.1) is 10.8 Å². The average Bonchev–Trinajstić information content (AvgIpc) is 2.63. The number of ether oxygens (including phenoxy) is 3. The topological polar surface area (TPSA) is 119 Å². The maximum atomic E-state index is 12.2. The molecule has 30 heavy (non-hydrogen) atoms. The Hall–Kier alpha value is 0.186. The molecule has 0 rings (SSSR count). The molecule has 0 saturated carbocycles. The monoisotopic (exact) mass is 474 g/mol. The van der Waals surface area contributed by atoms with E-state index in [0.717, 1.165) is 18.4 Å². The molecule has 0 aliphatic heterocycles.